The molecule has 1 aromatic rings. The highest BCUT2D eigenvalue weighted by Crippen LogP contribution is 2.23. The second kappa shape index (κ2) is 6.77. The number of likely N-dealkylation sites (N-methyl/N-ethyl adjacent to an activating group) is 1. The van der Waals surface area contributed by atoms with Crippen molar-refractivity contribution >= 4 is 17.7 Å². The first-order valence-electron chi connectivity index (χ1n) is 7.57. The SMILES string of the molecule is Cc1ccc(N2CCC(C(=O)N(C)C(C)C(=O)O)CC2)nc1. The molecular weight excluding hydrogens is 282 g/mol. The maximum Gasteiger partial charge on any atom is 0.326 e. The monoisotopic (exact) mass is 305 g/mol. The van der Waals surface area contributed by atoms with Crippen molar-refractivity contribution in [2.45, 2.75) is 32.7 Å². The number of anilines is 1. The Balaban J connectivity index is 1.93. The van der Waals surface area contributed by atoms with Crippen LogP contribution >= 0.6 is 0 Å². The summed E-state index contributed by atoms with van der Waals surface area (Å²) < 4.78 is 0. The molecule has 2 heterocycles. The van der Waals surface area contributed by atoms with E-state index in [2.05, 4.69) is 9.88 Å². The van der Waals surface area contributed by atoms with E-state index >= 15 is 0 Å². The molecule has 2 rings (SSSR count). The summed E-state index contributed by atoms with van der Waals surface area (Å²) in [4.78, 5) is 31.3. The number of aryl methyl sites for hydroxylation is 1. The first-order chi connectivity index (χ1) is 10.4. The smallest absolute Gasteiger partial charge is 0.326 e. The minimum Gasteiger partial charge on any atom is -0.480 e. The summed E-state index contributed by atoms with van der Waals surface area (Å²) in [5.74, 6) is -0.221. The molecule has 0 spiro atoms. The van der Waals surface area contributed by atoms with Gasteiger partial charge >= 0.3 is 5.97 Å². The van der Waals surface area contributed by atoms with Crippen molar-refractivity contribution in [3.63, 3.8) is 0 Å². The van der Waals surface area contributed by atoms with Crippen molar-refractivity contribution in [2.75, 3.05) is 25.0 Å². The number of rotatable bonds is 4. The highest BCUT2D eigenvalue weighted by molar-refractivity contribution is 5.84. The van der Waals surface area contributed by atoms with Crippen LogP contribution in [0.2, 0.25) is 0 Å². The van der Waals surface area contributed by atoms with Gasteiger partial charge in [-0.25, -0.2) is 9.78 Å². The van der Waals surface area contributed by atoms with Gasteiger partial charge in [0, 0.05) is 32.3 Å². The van der Waals surface area contributed by atoms with Crippen molar-refractivity contribution in [1.29, 1.82) is 0 Å². The maximum atomic E-state index is 12.4. The van der Waals surface area contributed by atoms with Crippen molar-refractivity contribution < 1.29 is 14.7 Å². The number of nitrogens with zero attached hydrogens (tertiary/aromatic N) is 3. The molecular formula is C16H23N3O3. The quantitative estimate of drug-likeness (QED) is 0.913. The molecule has 1 unspecified atom stereocenters. The summed E-state index contributed by atoms with van der Waals surface area (Å²) in [5.41, 5.74) is 1.12. The number of carbonyl (C=O) groups is 2. The predicted octanol–water partition coefficient (Wildman–Crippen LogP) is 1.54. The van der Waals surface area contributed by atoms with E-state index in [1.54, 1.807) is 7.05 Å². The van der Waals surface area contributed by atoms with Crippen LogP contribution in [0.1, 0.15) is 25.3 Å². The third-order valence-corrected chi connectivity index (χ3v) is 4.35. The number of aromatic nitrogens is 1. The third kappa shape index (κ3) is 3.55. The van der Waals surface area contributed by atoms with E-state index in [1.807, 2.05) is 25.3 Å². The highest BCUT2D eigenvalue weighted by Gasteiger charge is 2.31. The number of pyridine rings is 1. The molecule has 0 radical (unpaired) electrons. The molecule has 1 fully saturated rings. The van der Waals surface area contributed by atoms with Gasteiger partial charge in [0.2, 0.25) is 5.91 Å². The first-order valence-corrected chi connectivity index (χ1v) is 7.57. The van der Waals surface area contributed by atoms with Crippen LogP contribution in [0.4, 0.5) is 5.82 Å². The number of carboxylic acids is 1. The number of carbonyl (C=O) groups excluding carboxylic acids is 1. The normalized spacial score (nSPS) is 17.1. The number of aliphatic carboxylic acids is 1. The third-order valence-electron chi connectivity index (χ3n) is 4.35. The molecule has 6 nitrogen and oxygen atoms in total. The Morgan fingerprint density at radius 3 is 2.50 bits per heavy atom. The van der Waals surface area contributed by atoms with Gasteiger partial charge in [0.25, 0.3) is 0 Å². The summed E-state index contributed by atoms with van der Waals surface area (Å²) >= 11 is 0. The molecule has 6 heteroatoms. The zero-order valence-corrected chi connectivity index (χ0v) is 13.3. The Hall–Kier alpha value is -2.11. The molecule has 120 valence electrons. The van der Waals surface area contributed by atoms with Crippen molar-refractivity contribution in [3.8, 4) is 0 Å². The number of amides is 1. The molecule has 1 aromatic heterocycles. The van der Waals surface area contributed by atoms with Gasteiger partial charge in [0.15, 0.2) is 0 Å². The van der Waals surface area contributed by atoms with Crippen LogP contribution in [0, 0.1) is 12.8 Å². The Labute approximate surface area is 130 Å². The Kier molecular flexibility index (Phi) is 5.00. The Bertz CT molecular complexity index is 536. The topological polar surface area (TPSA) is 73.7 Å². The summed E-state index contributed by atoms with van der Waals surface area (Å²) in [6.07, 6.45) is 3.30. The first kappa shape index (κ1) is 16.3. The number of piperidine rings is 1. The molecule has 0 bridgehead atoms. The van der Waals surface area contributed by atoms with E-state index in [1.165, 1.54) is 11.8 Å². The molecule has 22 heavy (non-hydrogen) atoms. The van der Waals surface area contributed by atoms with Gasteiger partial charge in [0.1, 0.15) is 11.9 Å². The van der Waals surface area contributed by atoms with Crippen LogP contribution in [-0.2, 0) is 9.59 Å². The molecule has 1 aliphatic rings. The molecule has 1 N–H and O–H groups in total. The summed E-state index contributed by atoms with van der Waals surface area (Å²) in [6.45, 7) is 5.07. The lowest BCUT2D eigenvalue weighted by atomic mass is 9.95. The molecule has 0 aromatic carbocycles. The van der Waals surface area contributed by atoms with E-state index in [0.717, 1.165) is 37.3 Å². The van der Waals surface area contributed by atoms with Crippen molar-refractivity contribution in [1.82, 2.24) is 9.88 Å². The van der Waals surface area contributed by atoms with Crippen LogP contribution in [-0.4, -0.2) is 53.0 Å². The van der Waals surface area contributed by atoms with E-state index in [-0.39, 0.29) is 11.8 Å². The largest absolute Gasteiger partial charge is 0.480 e. The molecule has 1 atom stereocenters. The molecule has 1 amide bonds. The second-order valence-electron chi connectivity index (χ2n) is 5.92. The predicted molar refractivity (Wildman–Crippen MR) is 83.8 cm³/mol. The molecule has 0 saturated carbocycles. The lowest BCUT2D eigenvalue weighted by Gasteiger charge is -2.34. The summed E-state index contributed by atoms with van der Waals surface area (Å²) in [6, 6.07) is 3.24. The number of carboxylic acid groups (broad SMARTS) is 1. The van der Waals surface area contributed by atoms with Crippen LogP contribution < -0.4 is 4.90 Å². The minimum atomic E-state index is -0.975. The van der Waals surface area contributed by atoms with E-state index in [0.29, 0.717) is 0 Å². The van der Waals surface area contributed by atoms with Crippen LogP contribution in [0.25, 0.3) is 0 Å². The number of hydrogen-bond donors (Lipinski definition) is 1. The average Bonchev–Trinajstić information content (AvgIpc) is 2.53. The lowest BCUT2D eigenvalue weighted by molar-refractivity contribution is -0.150. The van der Waals surface area contributed by atoms with Gasteiger partial charge in [-0.05, 0) is 38.3 Å². The van der Waals surface area contributed by atoms with Gasteiger partial charge < -0.3 is 14.9 Å². The second-order valence-corrected chi connectivity index (χ2v) is 5.92. The van der Waals surface area contributed by atoms with Crippen molar-refractivity contribution in [2.24, 2.45) is 5.92 Å². The fourth-order valence-electron chi connectivity index (χ4n) is 2.65. The Morgan fingerprint density at radius 2 is 2.00 bits per heavy atom. The minimum absolute atomic E-state index is 0.0774. The fourth-order valence-corrected chi connectivity index (χ4v) is 2.65. The zero-order chi connectivity index (χ0) is 16.3. The zero-order valence-electron chi connectivity index (χ0n) is 13.3. The fraction of sp³-hybridized carbons (Fsp3) is 0.562. The molecule has 0 aliphatic carbocycles. The van der Waals surface area contributed by atoms with E-state index < -0.39 is 12.0 Å². The van der Waals surface area contributed by atoms with Crippen molar-refractivity contribution in [3.05, 3.63) is 23.9 Å². The van der Waals surface area contributed by atoms with Crippen LogP contribution in [0.3, 0.4) is 0 Å². The molecule has 1 aliphatic heterocycles. The van der Waals surface area contributed by atoms with Crippen LogP contribution in [0.5, 0.6) is 0 Å². The number of hydrogen-bond acceptors (Lipinski definition) is 4. The van der Waals surface area contributed by atoms with E-state index in [4.69, 9.17) is 5.11 Å². The van der Waals surface area contributed by atoms with E-state index in [9.17, 15) is 9.59 Å². The van der Waals surface area contributed by atoms with Gasteiger partial charge in [-0.1, -0.05) is 6.07 Å². The van der Waals surface area contributed by atoms with Gasteiger partial charge in [0.05, 0.1) is 0 Å². The highest BCUT2D eigenvalue weighted by atomic mass is 16.4. The van der Waals surface area contributed by atoms with Gasteiger partial charge in [-0.3, -0.25) is 4.79 Å². The van der Waals surface area contributed by atoms with Gasteiger partial charge in [-0.15, -0.1) is 0 Å². The van der Waals surface area contributed by atoms with Crippen LogP contribution in [0.15, 0.2) is 18.3 Å². The lowest BCUT2D eigenvalue weighted by Crippen LogP contribution is -2.46. The van der Waals surface area contributed by atoms with Gasteiger partial charge in [-0.2, -0.15) is 0 Å². The standard InChI is InChI=1S/C16H23N3O3/c1-11-4-5-14(17-10-11)19-8-6-13(7-9-19)15(20)18(3)12(2)16(21)22/h4-5,10,12-13H,6-9H2,1-3H3,(H,21,22). The summed E-state index contributed by atoms with van der Waals surface area (Å²) in [5, 5.41) is 9.00. The Morgan fingerprint density at radius 1 is 1.36 bits per heavy atom. The molecule has 1 saturated heterocycles. The average molecular weight is 305 g/mol. The summed E-state index contributed by atoms with van der Waals surface area (Å²) in [7, 11) is 1.56. The maximum absolute atomic E-state index is 12.4.